The molecule has 2 aliphatic rings. The molecule has 0 saturated heterocycles. The van der Waals surface area contributed by atoms with Gasteiger partial charge in [-0.2, -0.15) is 12.7 Å². The number of carbonyl (C=O) groups excluding carboxylic acids is 1. The molecule has 6 rings (SSSR count). The molecular formula is C26H24F2N6O3S. The van der Waals surface area contributed by atoms with E-state index in [0.717, 1.165) is 41.5 Å². The van der Waals surface area contributed by atoms with Crippen LogP contribution in [-0.4, -0.2) is 51.5 Å². The van der Waals surface area contributed by atoms with Gasteiger partial charge >= 0.3 is 10.2 Å². The van der Waals surface area contributed by atoms with E-state index < -0.39 is 38.9 Å². The van der Waals surface area contributed by atoms with Crippen LogP contribution in [0.5, 0.6) is 0 Å². The van der Waals surface area contributed by atoms with Gasteiger partial charge in [0.25, 0.3) is 0 Å². The molecule has 1 aromatic carbocycles. The quantitative estimate of drug-likeness (QED) is 0.318. The van der Waals surface area contributed by atoms with Crippen LogP contribution in [0.15, 0.2) is 43.0 Å². The van der Waals surface area contributed by atoms with Crippen LogP contribution in [0, 0.1) is 11.6 Å². The number of H-pyrrole nitrogens is 1. The Morgan fingerprint density at radius 1 is 1.05 bits per heavy atom. The average molecular weight is 539 g/mol. The molecule has 0 atom stereocenters. The Morgan fingerprint density at radius 3 is 2.42 bits per heavy atom. The average Bonchev–Trinajstić information content (AvgIpc) is 3.63. The highest BCUT2D eigenvalue weighted by atomic mass is 32.2. The number of fused-ring (bicyclic) bond motifs is 1. The van der Waals surface area contributed by atoms with Gasteiger partial charge in [0.2, 0.25) is 5.78 Å². The summed E-state index contributed by atoms with van der Waals surface area (Å²) in [5, 5.41) is 0.355. The topological polar surface area (TPSA) is 121 Å². The molecule has 196 valence electrons. The minimum Gasteiger partial charge on any atom is -0.345 e. The summed E-state index contributed by atoms with van der Waals surface area (Å²) >= 11 is 0. The summed E-state index contributed by atoms with van der Waals surface area (Å²) < 4.78 is 59.1. The Bertz CT molecular complexity index is 1660. The van der Waals surface area contributed by atoms with Crippen molar-refractivity contribution in [3.8, 4) is 11.1 Å². The maximum Gasteiger partial charge on any atom is 0.301 e. The van der Waals surface area contributed by atoms with Gasteiger partial charge in [-0.25, -0.2) is 23.7 Å². The van der Waals surface area contributed by atoms with Crippen molar-refractivity contribution in [2.75, 3.05) is 11.8 Å². The Kier molecular flexibility index (Phi) is 5.95. The number of rotatable bonds is 8. The molecule has 12 heteroatoms. The lowest BCUT2D eigenvalue weighted by molar-refractivity contribution is 0.103. The number of hydrogen-bond donors (Lipinski definition) is 2. The smallest absolute Gasteiger partial charge is 0.301 e. The SMILES string of the molecule is CN(C1CCC1)S(=O)(=O)Nc1ccc(F)c(C(=O)c2c[nH]c3ncc(-c4cnc(C5CC5)nc4)cc23)c1F. The van der Waals surface area contributed by atoms with Gasteiger partial charge in [0.05, 0.1) is 11.3 Å². The number of aromatic nitrogens is 4. The first-order valence-corrected chi connectivity index (χ1v) is 13.7. The molecule has 3 aromatic heterocycles. The minimum absolute atomic E-state index is 0.00531. The molecule has 0 unspecified atom stereocenters. The second kappa shape index (κ2) is 9.21. The number of nitrogens with zero attached hydrogens (tertiary/aromatic N) is 4. The van der Waals surface area contributed by atoms with Crippen molar-refractivity contribution in [2.24, 2.45) is 0 Å². The Labute approximate surface area is 217 Å². The van der Waals surface area contributed by atoms with Crippen LogP contribution in [-0.2, 0) is 10.2 Å². The summed E-state index contributed by atoms with van der Waals surface area (Å²) in [7, 11) is -2.70. The summed E-state index contributed by atoms with van der Waals surface area (Å²) in [6, 6.07) is 3.33. The summed E-state index contributed by atoms with van der Waals surface area (Å²) in [5.41, 5.74) is 0.303. The summed E-state index contributed by atoms with van der Waals surface area (Å²) in [6.07, 6.45) is 10.8. The second-order valence-electron chi connectivity index (χ2n) is 9.75. The molecule has 38 heavy (non-hydrogen) atoms. The molecule has 0 bridgehead atoms. The van der Waals surface area contributed by atoms with E-state index in [-0.39, 0.29) is 11.6 Å². The van der Waals surface area contributed by atoms with Crippen molar-refractivity contribution in [3.63, 3.8) is 0 Å². The number of aromatic amines is 1. The van der Waals surface area contributed by atoms with E-state index in [9.17, 15) is 17.6 Å². The lowest BCUT2D eigenvalue weighted by atomic mass is 9.94. The predicted molar refractivity (Wildman–Crippen MR) is 137 cm³/mol. The number of nitrogens with one attached hydrogen (secondary N) is 2. The first kappa shape index (κ1) is 24.6. The number of ketones is 1. The molecule has 2 saturated carbocycles. The van der Waals surface area contributed by atoms with E-state index >= 15 is 4.39 Å². The van der Waals surface area contributed by atoms with Crippen LogP contribution in [0.4, 0.5) is 14.5 Å². The second-order valence-corrected chi connectivity index (χ2v) is 11.5. The fourth-order valence-corrected chi connectivity index (χ4v) is 5.70. The number of carbonyl (C=O) groups is 1. The number of anilines is 1. The van der Waals surface area contributed by atoms with Gasteiger partial charge in [0.15, 0.2) is 5.82 Å². The van der Waals surface area contributed by atoms with E-state index in [4.69, 9.17) is 0 Å². The van der Waals surface area contributed by atoms with Gasteiger partial charge in [0, 0.05) is 65.9 Å². The van der Waals surface area contributed by atoms with Crippen LogP contribution in [0.2, 0.25) is 0 Å². The summed E-state index contributed by atoms with van der Waals surface area (Å²) in [4.78, 5) is 29.4. The van der Waals surface area contributed by atoms with Crippen molar-refractivity contribution < 1.29 is 22.0 Å². The van der Waals surface area contributed by atoms with Gasteiger partial charge in [-0.15, -0.1) is 0 Å². The van der Waals surface area contributed by atoms with E-state index in [1.807, 2.05) is 0 Å². The standard InChI is InChI=1S/C26H24F2N6O3S/c1-34(17-3-2-4-17)38(36,37)33-21-8-7-20(27)22(23(21)28)24(35)19-13-32-26-18(19)9-15(10-31-26)16-11-29-25(30-12-16)14-5-6-14/h7-14,17,33H,2-6H2,1H3,(H,31,32). The Hall–Kier alpha value is -3.77. The van der Waals surface area contributed by atoms with Crippen molar-refractivity contribution >= 4 is 32.7 Å². The van der Waals surface area contributed by atoms with Crippen LogP contribution in [0.25, 0.3) is 22.2 Å². The zero-order valence-corrected chi connectivity index (χ0v) is 21.2. The molecule has 2 N–H and O–H groups in total. The molecule has 0 aliphatic heterocycles. The molecule has 4 aromatic rings. The van der Waals surface area contributed by atoms with Gasteiger partial charge in [-0.3, -0.25) is 9.52 Å². The predicted octanol–water partition coefficient (Wildman–Crippen LogP) is 4.55. The normalized spacial score (nSPS) is 16.1. The molecule has 2 aliphatic carbocycles. The van der Waals surface area contributed by atoms with Crippen LogP contribution >= 0.6 is 0 Å². The van der Waals surface area contributed by atoms with Crippen LogP contribution in [0.3, 0.4) is 0 Å². The maximum atomic E-state index is 15.5. The van der Waals surface area contributed by atoms with Crippen molar-refractivity contribution in [1.82, 2.24) is 24.2 Å². The molecule has 9 nitrogen and oxygen atoms in total. The summed E-state index contributed by atoms with van der Waals surface area (Å²) in [6.45, 7) is 0. The van der Waals surface area contributed by atoms with Crippen molar-refractivity contribution in [1.29, 1.82) is 0 Å². The number of halogens is 2. The Balaban J connectivity index is 1.33. The van der Waals surface area contributed by atoms with Gasteiger partial charge in [0.1, 0.15) is 17.3 Å². The molecule has 0 amide bonds. The maximum absolute atomic E-state index is 15.5. The van der Waals surface area contributed by atoms with Gasteiger partial charge in [-0.05, 0) is 43.9 Å². The number of benzene rings is 1. The van der Waals surface area contributed by atoms with Gasteiger partial charge < -0.3 is 4.98 Å². The number of hydrogen-bond acceptors (Lipinski definition) is 6. The fourth-order valence-electron chi connectivity index (χ4n) is 4.52. The lowest BCUT2D eigenvalue weighted by Gasteiger charge is -2.33. The Morgan fingerprint density at radius 2 is 1.76 bits per heavy atom. The van der Waals surface area contributed by atoms with Crippen molar-refractivity contribution in [2.45, 2.75) is 44.1 Å². The lowest BCUT2D eigenvalue weighted by Crippen LogP contribution is -2.44. The third-order valence-corrected chi connectivity index (χ3v) is 8.78. The minimum atomic E-state index is -4.10. The van der Waals surface area contributed by atoms with E-state index in [0.29, 0.717) is 40.9 Å². The van der Waals surface area contributed by atoms with E-state index in [1.54, 1.807) is 24.7 Å². The highest BCUT2D eigenvalue weighted by Crippen LogP contribution is 2.38. The highest BCUT2D eigenvalue weighted by molar-refractivity contribution is 7.90. The zero-order valence-electron chi connectivity index (χ0n) is 20.4. The molecule has 3 heterocycles. The van der Waals surface area contributed by atoms with Gasteiger partial charge in [-0.1, -0.05) is 6.42 Å². The molecule has 0 spiro atoms. The summed E-state index contributed by atoms with van der Waals surface area (Å²) in [5.74, 6) is -2.14. The first-order valence-electron chi connectivity index (χ1n) is 12.3. The highest BCUT2D eigenvalue weighted by Gasteiger charge is 2.32. The van der Waals surface area contributed by atoms with Crippen LogP contribution in [0.1, 0.15) is 59.8 Å². The van der Waals surface area contributed by atoms with E-state index in [1.165, 1.54) is 13.2 Å². The van der Waals surface area contributed by atoms with Crippen LogP contribution < -0.4 is 4.72 Å². The third-order valence-electron chi connectivity index (χ3n) is 7.25. The fraction of sp³-hybridized carbons (Fsp3) is 0.308. The first-order chi connectivity index (χ1) is 18.2. The molecule has 0 radical (unpaired) electrons. The third kappa shape index (κ3) is 4.33. The van der Waals surface area contributed by atoms with E-state index in [2.05, 4.69) is 24.7 Å². The largest absolute Gasteiger partial charge is 0.345 e. The molecule has 2 fully saturated rings. The monoisotopic (exact) mass is 538 g/mol. The van der Waals surface area contributed by atoms with Crippen molar-refractivity contribution in [3.05, 3.63) is 71.6 Å². The number of pyridine rings is 1. The zero-order chi connectivity index (χ0) is 26.6. The molecular weight excluding hydrogens is 514 g/mol.